The maximum atomic E-state index is 14.3. The summed E-state index contributed by atoms with van der Waals surface area (Å²) in [5.41, 5.74) is 1.84. The minimum absolute atomic E-state index is 0. The number of nitrogen functional groups attached to an aromatic ring is 1. The number of benzene rings is 2. The highest BCUT2D eigenvalue weighted by molar-refractivity contribution is 6.00. The highest BCUT2D eigenvalue weighted by Crippen LogP contribution is 2.42. The minimum Gasteiger partial charge on any atom is -1.00 e. The van der Waals surface area contributed by atoms with Gasteiger partial charge in [0, 0.05) is 13.0 Å². The summed E-state index contributed by atoms with van der Waals surface area (Å²) in [7, 11) is 0. The molecule has 1 aliphatic heterocycles. The van der Waals surface area contributed by atoms with Crippen LogP contribution >= 0.6 is 0 Å². The van der Waals surface area contributed by atoms with Crippen molar-refractivity contribution in [1.29, 1.82) is 0 Å². The van der Waals surface area contributed by atoms with Crippen molar-refractivity contribution in [1.82, 2.24) is 0 Å². The molecule has 0 bridgehead atoms. The van der Waals surface area contributed by atoms with E-state index in [9.17, 15) is 4.39 Å². The first-order valence-corrected chi connectivity index (χ1v) is 6.95. The highest BCUT2D eigenvalue weighted by Gasteiger charge is 2.28. The van der Waals surface area contributed by atoms with E-state index in [0.29, 0.717) is 22.8 Å². The van der Waals surface area contributed by atoms with Gasteiger partial charge in [0.05, 0.1) is 5.56 Å². The summed E-state index contributed by atoms with van der Waals surface area (Å²) in [4.78, 5) is 0. The Hall–Kier alpha value is -2.53. The van der Waals surface area contributed by atoms with Gasteiger partial charge in [0.2, 0.25) is 12.5 Å². The van der Waals surface area contributed by atoms with Crippen LogP contribution in [0.1, 0.15) is 5.69 Å². The minimum atomic E-state index is -0.329. The summed E-state index contributed by atoms with van der Waals surface area (Å²) in [6.07, 6.45) is 0. The Kier molecular flexibility index (Phi) is 3.74. The number of pyridine rings is 1. The Labute approximate surface area is 138 Å². The Morgan fingerprint density at radius 1 is 1.13 bits per heavy atom. The van der Waals surface area contributed by atoms with Gasteiger partial charge in [0.15, 0.2) is 11.5 Å². The summed E-state index contributed by atoms with van der Waals surface area (Å²) in [6.45, 7) is 2.04. The molecule has 0 saturated heterocycles. The zero-order valence-electron chi connectivity index (χ0n) is 12.3. The predicted octanol–water partition coefficient (Wildman–Crippen LogP) is -0.312. The number of fused-ring (bicyclic) bond motifs is 3. The van der Waals surface area contributed by atoms with Crippen molar-refractivity contribution < 1.29 is 30.9 Å². The summed E-state index contributed by atoms with van der Waals surface area (Å²) in [5, 5.41) is 1.69. The van der Waals surface area contributed by atoms with Gasteiger partial charge >= 0.3 is 0 Å². The number of halogens is 2. The van der Waals surface area contributed by atoms with E-state index in [1.54, 1.807) is 18.2 Å². The number of hydrogen-bond acceptors (Lipinski definition) is 3. The van der Waals surface area contributed by atoms with E-state index in [-0.39, 0.29) is 25.0 Å². The van der Waals surface area contributed by atoms with Crippen LogP contribution in [-0.4, -0.2) is 6.79 Å². The molecule has 6 heteroatoms. The van der Waals surface area contributed by atoms with E-state index in [1.165, 1.54) is 10.7 Å². The quantitative estimate of drug-likeness (QED) is 0.491. The monoisotopic (exact) mass is 332 g/mol. The number of hydrogen-bond donors (Lipinski definition) is 1. The number of aromatic nitrogens is 1. The highest BCUT2D eigenvalue weighted by atomic mass is 35.5. The van der Waals surface area contributed by atoms with E-state index >= 15 is 0 Å². The van der Waals surface area contributed by atoms with Crippen LogP contribution in [0.15, 0.2) is 42.5 Å². The van der Waals surface area contributed by atoms with Crippen molar-refractivity contribution in [2.24, 2.45) is 0 Å². The first kappa shape index (κ1) is 15.4. The van der Waals surface area contributed by atoms with Crippen molar-refractivity contribution >= 4 is 10.8 Å². The number of ether oxygens (including phenoxy) is 2. The summed E-state index contributed by atoms with van der Waals surface area (Å²) < 4.78 is 26.8. The van der Waals surface area contributed by atoms with Gasteiger partial charge in [-0.05, 0) is 29.7 Å². The van der Waals surface area contributed by atoms with Gasteiger partial charge in [-0.3, -0.25) is 0 Å². The maximum Gasteiger partial charge on any atom is 0.256 e. The molecule has 4 nitrogen and oxygen atoms in total. The van der Waals surface area contributed by atoms with Gasteiger partial charge in [-0.25, -0.2) is 10.2 Å². The van der Waals surface area contributed by atoms with Gasteiger partial charge in [0.1, 0.15) is 11.2 Å². The molecule has 4 rings (SSSR count). The summed E-state index contributed by atoms with van der Waals surface area (Å²) in [6, 6.07) is 12.3. The predicted molar refractivity (Wildman–Crippen MR) is 80.5 cm³/mol. The summed E-state index contributed by atoms with van der Waals surface area (Å²) in [5.74, 6) is 7.12. The van der Waals surface area contributed by atoms with Crippen molar-refractivity contribution in [3.05, 3.63) is 54.0 Å². The second kappa shape index (κ2) is 5.59. The van der Waals surface area contributed by atoms with Crippen molar-refractivity contribution in [3.63, 3.8) is 0 Å². The van der Waals surface area contributed by atoms with Crippen LogP contribution in [0.5, 0.6) is 11.5 Å². The molecule has 2 heterocycles. The molecule has 2 aromatic carbocycles. The van der Waals surface area contributed by atoms with Crippen LogP contribution in [0.25, 0.3) is 22.0 Å². The van der Waals surface area contributed by atoms with E-state index in [1.807, 2.05) is 25.1 Å². The average Bonchev–Trinajstić information content (AvgIpc) is 2.98. The molecule has 3 aromatic rings. The number of aryl methyl sites for hydroxylation is 1. The van der Waals surface area contributed by atoms with E-state index in [2.05, 4.69) is 0 Å². The fraction of sp³-hybridized carbons (Fsp3) is 0.118. The lowest BCUT2D eigenvalue weighted by Gasteiger charge is -2.09. The van der Waals surface area contributed by atoms with Gasteiger partial charge in [-0.1, -0.05) is 16.8 Å². The van der Waals surface area contributed by atoms with Crippen molar-refractivity contribution in [3.8, 4) is 22.8 Å². The van der Waals surface area contributed by atoms with Crippen LogP contribution in [-0.2, 0) is 0 Å². The molecule has 2 N–H and O–H groups in total. The van der Waals surface area contributed by atoms with Crippen LogP contribution in [0.2, 0.25) is 0 Å². The molecule has 118 valence electrons. The molecule has 23 heavy (non-hydrogen) atoms. The normalized spacial score (nSPS) is 12.3. The molecule has 0 spiro atoms. The Morgan fingerprint density at radius 3 is 2.70 bits per heavy atom. The number of nitrogens with zero attached hydrogens (tertiary/aromatic N) is 1. The Bertz CT molecular complexity index is 915. The number of nitrogens with two attached hydrogens (primary N) is 1. The number of rotatable bonds is 1. The third-order valence-corrected chi connectivity index (χ3v) is 3.92. The molecule has 0 unspecified atom stereocenters. The Balaban J connectivity index is 0.00000156. The van der Waals surface area contributed by atoms with Gasteiger partial charge in [-0.2, -0.15) is 0 Å². The van der Waals surface area contributed by atoms with Crippen LogP contribution < -0.4 is 32.4 Å². The lowest BCUT2D eigenvalue weighted by atomic mass is 10.0. The smallest absolute Gasteiger partial charge is 0.256 e. The van der Waals surface area contributed by atoms with Gasteiger partial charge in [-0.15, -0.1) is 0 Å². The van der Waals surface area contributed by atoms with E-state index < -0.39 is 0 Å². The molecular formula is C17H14ClFN2O2. The third kappa shape index (κ3) is 2.24. The van der Waals surface area contributed by atoms with Gasteiger partial charge in [0.25, 0.3) is 5.69 Å². The largest absolute Gasteiger partial charge is 1.00 e. The molecule has 0 atom stereocenters. The average molecular weight is 333 g/mol. The lowest BCUT2D eigenvalue weighted by molar-refractivity contribution is -0.632. The van der Waals surface area contributed by atoms with Crippen LogP contribution in [0.3, 0.4) is 0 Å². The topological polar surface area (TPSA) is 48.4 Å². The van der Waals surface area contributed by atoms with Crippen LogP contribution in [0.4, 0.5) is 4.39 Å². The lowest BCUT2D eigenvalue weighted by Crippen LogP contribution is -3.00. The second-order valence-corrected chi connectivity index (χ2v) is 5.25. The molecule has 0 fully saturated rings. The Morgan fingerprint density at radius 2 is 1.91 bits per heavy atom. The first-order chi connectivity index (χ1) is 10.7. The second-order valence-electron chi connectivity index (χ2n) is 5.25. The molecule has 0 saturated carbocycles. The van der Waals surface area contributed by atoms with E-state index in [4.69, 9.17) is 15.3 Å². The molecule has 0 aliphatic carbocycles. The van der Waals surface area contributed by atoms with Crippen molar-refractivity contribution in [2.45, 2.75) is 6.92 Å². The molecule has 0 radical (unpaired) electrons. The first-order valence-electron chi connectivity index (χ1n) is 6.95. The van der Waals surface area contributed by atoms with Gasteiger partial charge < -0.3 is 21.9 Å². The van der Waals surface area contributed by atoms with Crippen LogP contribution in [0, 0.1) is 12.7 Å². The summed E-state index contributed by atoms with van der Waals surface area (Å²) >= 11 is 0. The van der Waals surface area contributed by atoms with E-state index in [0.717, 1.165) is 16.5 Å². The molecule has 0 amide bonds. The standard InChI is InChI=1S/C17H14FN2O2.ClH/c1-10-8-11-6-7-14-17(22-9-21-14)15(11)16(20(10)19)12-4-2-3-5-13(12)18;/h2-8H,9,19H2,1H3;1H/q+1;/p-1. The molecule has 1 aliphatic rings. The zero-order valence-corrected chi connectivity index (χ0v) is 13.1. The molecular weight excluding hydrogens is 319 g/mol. The third-order valence-electron chi connectivity index (χ3n) is 3.92. The zero-order chi connectivity index (χ0) is 15.3. The van der Waals surface area contributed by atoms with Crippen molar-refractivity contribution in [2.75, 3.05) is 12.6 Å². The SMILES string of the molecule is Cc1cc2ccc3c(c2c(-c2ccccc2F)[n+]1N)OCO3.[Cl-]. The fourth-order valence-electron chi connectivity index (χ4n) is 2.86. The molecule has 1 aromatic heterocycles. The fourth-order valence-corrected chi connectivity index (χ4v) is 2.86. The maximum absolute atomic E-state index is 14.3.